The Morgan fingerprint density at radius 2 is 1.04 bits per heavy atom. The zero-order valence-electron chi connectivity index (χ0n) is 30.5. The summed E-state index contributed by atoms with van der Waals surface area (Å²) < 4.78 is 14.8. The molecule has 50 heavy (non-hydrogen) atoms. The van der Waals surface area contributed by atoms with Crippen molar-refractivity contribution in [2.45, 2.75) is 138 Å². The summed E-state index contributed by atoms with van der Waals surface area (Å²) in [5, 5.41) is 22.9. The fraction of sp³-hybridized carbons (Fsp3) is 0.632. The van der Waals surface area contributed by atoms with Gasteiger partial charge in [0.15, 0.2) is 0 Å². The highest BCUT2D eigenvalue weighted by Gasteiger charge is 2.46. The van der Waals surface area contributed by atoms with Gasteiger partial charge in [0.1, 0.15) is 34.8 Å². The Morgan fingerprint density at radius 1 is 0.640 bits per heavy atom. The van der Waals surface area contributed by atoms with Crippen molar-refractivity contribution in [2.75, 3.05) is 26.3 Å². The number of hydrogen-bond acceptors (Lipinski definition) is 10. The molecule has 2 atom stereocenters. The Kier molecular flexibility index (Phi) is 16.2. The number of nitrogens with zero attached hydrogens (tertiary/aromatic N) is 4. The van der Waals surface area contributed by atoms with Gasteiger partial charge in [0.2, 0.25) is 0 Å². The molecule has 1 aromatic carbocycles. The molecule has 0 aromatic heterocycles. The minimum absolute atomic E-state index is 0.0709. The summed E-state index contributed by atoms with van der Waals surface area (Å²) in [7, 11) is 0. The molecular weight excluding hydrogens is 705 g/mol. The summed E-state index contributed by atoms with van der Waals surface area (Å²) >= 11 is 5.63. The minimum Gasteiger partial charge on any atom is -0.491 e. The summed E-state index contributed by atoms with van der Waals surface area (Å²) in [6.45, 7) is 15.0. The van der Waals surface area contributed by atoms with E-state index in [-0.39, 0.29) is 23.0 Å². The number of nitriles is 2. The van der Waals surface area contributed by atoms with Gasteiger partial charge >= 0.3 is 0 Å². The van der Waals surface area contributed by atoms with Gasteiger partial charge in [-0.1, -0.05) is 140 Å². The normalized spacial score (nSPS) is 16.4. The molecule has 0 spiro atoms. The fourth-order valence-electron chi connectivity index (χ4n) is 5.99. The number of thioether (sulfide) groups is 4. The van der Waals surface area contributed by atoms with E-state index in [2.05, 4.69) is 53.7 Å². The highest BCUT2D eigenvalue weighted by Crippen LogP contribution is 2.68. The molecule has 0 N–H and O–H groups in total. The fourth-order valence-corrected chi connectivity index (χ4v) is 11.4. The molecule has 8 nitrogen and oxygen atoms in total. The van der Waals surface area contributed by atoms with Crippen LogP contribution in [0.25, 0.3) is 0 Å². The molecule has 3 aliphatic heterocycles. The Labute approximate surface area is 316 Å². The lowest BCUT2D eigenvalue weighted by Crippen LogP contribution is -2.42. The van der Waals surface area contributed by atoms with Gasteiger partial charge in [0.05, 0.1) is 41.3 Å². The molecule has 2 amide bonds. The van der Waals surface area contributed by atoms with Crippen molar-refractivity contribution in [1.29, 1.82) is 10.5 Å². The second-order valence-corrected chi connectivity index (χ2v) is 17.5. The number of carbonyl (C=O) groups excluding carboxylic acids is 2. The average Bonchev–Trinajstić information content (AvgIpc) is 3.81. The molecule has 0 bridgehead atoms. The Bertz CT molecular complexity index is 1440. The molecule has 3 heterocycles. The van der Waals surface area contributed by atoms with Gasteiger partial charge in [0.25, 0.3) is 11.8 Å². The second-order valence-electron chi connectivity index (χ2n) is 13.0. The first kappa shape index (κ1) is 40.4. The van der Waals surface area contributed by atoms with Crippen molar-refractivity contribution in [2.24, 2.45) is 11.8 Å². The number of allylic oxidation sites excluding steroid dienone is 1. The highest BCUT2D eigenvalue weighted by molar-refractivity contribution is 8.26. The molecule has 0 saturated carbocycles. The Balaban J connectivity index is 1.86. The van der Waals surface area contributed by atoms with E-state index >= 15 is 0 Å². The third-order valence-corrected chi connectivity index (χ3v) is 14.5. The monoisotopic (exact) mass is 756 g/mol. The maximum absolute atomic E-state index is 14.0. The maximum atomic E-state index is 14.0. The van der Waals surface area contributed by atoms with Crippen molar-refractivity contribution < 1.29 is 19.1 Å². The van der Waals surface area contributed by atoms with Crippen LogP contribution in [0.5, 0.6) is 11.5 Å². The van der Waals surface area contributed by atoms with Crippen molar-refractivity contribution in [3.05, 3.63) is 19.6 Å². The lowest BCUT2D eigenvalue weighted by Gasteiger charge is -2.27. The summed E-state index contributed by atoms with van der Waals surface area (Å²) in [6, 6.07) is 4.15. The summed E-state index contributed by atoms with van der Waals surface area (Å²) in [4.78, 5) is 31.4. The van der Waals surface area contributed by atoms with Gasteiger partial charge in [0, 0.05) is 13.1 Å². The van der Waals surface area contributed by atoms with Crippen LogP contribution in [0.1, 0.15) is 119 Å². The molecule has 0 radical (unpaired) electrons. The summed E-state index contributed by atoms with van der Waals surface area (Å²) in [5.74, 6) is 1.65. The van der Waals surface area contributed by atoms with Crippen molar-refractivity contribution >= 4 is 58.9 Å². The van der Waals surface area contributed by atoms with Crippen LogP contribution in [0.4, 0.5) is 0 Å². The molecule has 3 aliphatic rings. The number of rotatable bonds is 20. The van der Waals surface area contributed by atoms with Crippen LogP contribution >= 0.6 is 47.0 Å². The number of unbranched alkanes of at least 4 members (excludes halogenated alkanes) is 4. The zero-order chi connectivity index (χ0) is 36.2. The van der Waals surface area contributed by atoms with Gasteiger partial charge in [-0.3, -0.25) is 9.59 Å². The van der Waals surface area contributed by atoms with Gasteiger partial charge in [-0.05, 0) is 37.5 Å². The third-order valence-electron chi connectivity index (χ3n) is 9.30. The van der Waals surface area contributed by atoms with Crippen LogP contribution in [0, 0.1) is 34.5 Å². The van der Waals surface area contributed by atoms with Crippen LogP contribution in [-0.4, -0.2) is 48.1 Å². The molecule has 0 aliphatic carbocycles. The number of ether oxygens (including phenoxy) is 2. The van der Waals surface area contributed by atoms with E-state index in [9.17, 15) is 20.1 Å². The van der Waals surface area contributed by atoms with E-state index in [0.29, 0.717) is 58.1 Å². The number of hydrazine groups is 1. The number of amides is 2. The van der Waals surface area contributed by atoms with Gasteiger partial charge in [-0.15, -0.1) is 0 Å². The molecule has 2 unspecified atom stereocenters. The number of fused-ring (bicyclic) bond motifs is 2. The van der Waals surface area contributed by atoms with E-state index in [1.54, 1.807) is 10.0 Å². The first-order valence-corrected chi connectivity index (χ1v) is 21.7. The first-order valence-electron chi connectivity index (χ1n) is 18.4. The maximum Gasteiger partial charge on any atom is 0.279 e. The Morgan fingerprint density at radius 3 is 1.40 bits per heavy atom. The smallest absolute Gasteiger partial charge is 0.279 e. The predicted molar refractivity (Wildman–Crippen MR) is 206 cm³/mol. The molecule has 4 rings (SSSR count). The van der Waals surface area contributed by atoms with Crippen LogP contribution < -0.4 is 9.47 Å². The summed E-state index contributed by atoms with van der Waals surface area (Å²) in [6.07, 6.45) is 12.1. The standard InChI is InChI=1S/C38H52N4O4S4/c1-7-13-17-25(11-5)23-45-29-31-32(48-37(47-31)27(21-39)22-40)30(46-24-26(12-6)18-14-8-2)34-33(29)49-38(50-34)28-35(43)41(19-15-9-3)42(36(28)44)20-16-10-4/h25-26H,7-20,23-24H2,1-6H3. The molecule has 1 fully saturated rings. The van der Waals surface area contributed by atoms with Gasteiger partial charge in [-0.2, -0.15) is 10.5 Å². The quantitative estimate of drug-likeness (QED) is 0.0725. The minimum atomic E-state index is -0.238. The average molecular weight is 757 g/mol. The van der Waals surface area contributed by atoms with E-state index in [1.807, 2.05) is 0 Å². The lowest BCUT2D eigenvalue weighted by atomic mass is 10.0. The van der Waals surface area contributed by atoms with E-state index < -0.39 is 0 Å². The topological polar surface area (TPSA) is 107 Å². The Hall–Kier alpha value is -2.38. The zero-order valence-corrected chi connectivity index (χ0v) is 33.8. The van der Waals surface area contributed by atoms with Crippen LogP contribution in [-0.2, 0) is 9.59 Å². The van der Waals surface area contributed by atoms with E-state index in [4.69, 9.17) is 9.47 Å². The largest absolute Gasteiger partial charge is 0.491 e. The number of benzene rings is 1. The van der Waals surface area contributed by atoms with Crippen LogP contribution in [0.3, 0.4) is 0 Å². The lowest BCUT2D eigenvalue weighted by molar-refractivity contribution is -0.147. The second kappa shape index (κ2) is 20.0. The summed E-state index contributed by atoms with van der Waals surface area (Å²) in [5.41, 5.74) is 0.294. The van der Waals surface area contributed by atoms with Gasteiger partial charge in [-0.25, -0.2) is 10.0 Å². The van der Waals surface area contributed by atoms with E-state index in [0.717, 1.165) is 96.6 Å². The van der Waals surface area contributed by atoms with E-state index in [1.165, 1.54) is 47.0 Å². The van der Waals surface area contributed by atoms with Gasteiger partial charge < -0.3 is 9.47 Å². The highest BCUT2D eigenvalue weighted by atomic mass is 32.2. The van der Waals surface area contributed by atoms with Crippen LogP contribution in [0.15, 0.2) is 39.2 Å². The molecule has 12 heteroatoms. The predicted octanol–water partition coefficient (Wildman–Crippen LogP) is 10.9. The SMILES string of the molecule is CCCCC(CC)COc1c2c(c(OCC(CC)CCCC)c3c1SC(=C1C(=O)N(CCCC)N(CCCC)C1=O)S3)SC(=C(C#N)C#N)S2. The first-order chi connectivity index (χ1) is 24.3. The number of carbonyl (C=O) groups is 2. The van der Waals surface area contributed by atoms with Crippen LogP contribution in [0.2, 0.25) is 0 Å². The molecule has 1 saturated heterocycles. The third kappa shape index (κ3) is 9.15. The van der Waals surface area contributed by atoms with Crippen molar-refractivity contribution in [1.82, 2.24) is 10.0 Å². The number of hydrogen-bond donors (Lipinski definition) is 0. The molecular formula is C38H52N4O4S4. The molecule has 272 valence electrons. The van der Waals surface area contributed by atoms with Crippen molar-refractivity contribution in [3.63, 3.8) is 0 Å². The molecule has 1 aromatic rings. The van der Waals surface area contributed by atoms with Crippen molar-refractivity contribution in [3.8, 4) is 23.6 Å².